The standard InChI is InChI=1S/C12H16BrN5O2S/c1-14-6-9-3-4-10(13)11(5-9)21(19,20)16-7-12-17-15-8-18(12)2/h3-5,8,14,16H,6-7H2,1-2H3. The smallest absolute Gasteiger partial charge is 0.242 e. The molecule has 0 bridgehead atoms. The van der Waals surface area contributed by atoms with Gasteiger partial charge in [-0.25, -0.2) is 13.1 Å². The molecule has 0 saturated heterocycles. The highest BCUT2D eigenvalue weighted by Crippen LogP contribution is 2.23. The summed E-state index contributed by atoms with van der Waals surface area (Å²) in [6.07, 6.45) is 1.52. The van der Waals surface area contributed by atoms with Crippen molar-refractivity contribution < 1.29 is 8.42 Å². The van der Waals surface area contributed by atoms with Crippen LogP contribution in [-0.2, 0) is 30.2 Å². The zero-order valence-electron chi connectivity index (χ0n) is 11.7. The van der Waals surface area contributed by atoms with Gasteiger partial charge in [-0.3, -0.25) is 0 Å². The molecule has 0 aliphatic rings. The summed E-state index contributed by atoms with van der Waals surface area (Å²) >= 11 is 3.28. The van der Waals surface area contributed by atoms with Crippen molar-refractivity contribution in [2.24, 2.45) is 7.05 Å². The number of halogens is 1. The number of hydrogen-bond acceptors (Lipinski definition) is 5. The number of aromatic nitrogens is 3. The van der Waals surface area contributed by atoms with Gasteiger partial charge in [-0.1, -0.05) is 6.07 Å². The number of aryl methyl sites for hydroxylation is 1. The summed E-state index contributed by atoms with van der Waals surface area (Å²) in [7, 11) is -0.0653. The molecule has 2 rings (SSSR count). The van der Waals surface area contributed by atoms with E-state index >= 15 is 0 Å². The monoisotopic (exact) mass is 373 g/mol. The molecule has 114 valence electrons. The van der Waals surface area contributed by atoms with Crippen molar-refractivity contribution in [2.75, 3.05) is 7.05 Å². The fraction of sp³-hybridized carbons (Fsp3) is 0.333. The predicted octanol–water partition coefficient (Wildman–Crippen LogP) is 0.775. The molecule has 0 spiro atoms. The number of benzene rings is 1. The van der Waals surface area contributed by atoms with Crippen LogP contribution in [0.3, 0.4) is 0 Å². The molecule has 0 aliphatic heterocycles. The summed E-state index contributed by atoms with van der Waals surface area (Å²) in [5.41, 5.74) is 0.889. The van der Waals surface area contributed by atoms with E-state index in [9.17, 15) is 8.42 Å². The molecule has 2 N–H and O–H groups in total. The third kappa shape index (κ3) is 3.88. The minimum Gasteiger partial charge on any atom is -0.320 e. The molecule has 0 saturated carbocycles. The van der Waals surface area contributed by atoms with Crippen molar-refractivity contribution in [2.45, 2.75) is 18.0 Å². The Morgan fingerprint density at radius 2 is 2.10 bits per heavy atom. The molecule has 0 fully saturated rings. The molecule has 0 radical (unpaired) electrons. The van der Waals surface area contributed by atoms with Gasteiger partial charge in [0, 0.05) is 18.1 Å². The van der Waals surface area contributed by atoms with Crippen LogP contribution in [0, 0.1) is 0 Å². The van der Waals surface area contributed by atoms with Crippen LogP contribution in [0.1, 0.15) is 11.4 Å². The van der Waals surface area contributed by atoms with Gasteiger partial charge in [0.1, 0.15) is 12.2 Å². The molecule has 1 heterocycles. The maximum atomic E-state index is 12.4. The van der Waals surface area contributed by atoms with Crippen LogP contribution in [0.15, 0.2) is 33.9 Å². The van der Waals surface area contributed by atoms with Gasteiger partial charge in [-0.15, -0.1) is 10.2 Å². The van der Waals surface area contributed by atoms with Crippen LogP contribution in [-0.4, -0.2) is 30.2 Å². The van der Waals surface area contributed by atoms with Crippen molar-refractivity contribution in [3.63, 3.8) is 0 Å². The molecule has 9 heteroatoms. The molecule has 0 atom stereocenters. The normalized spacial score (nSPS) is 11.8. The van der Waals surface area contributed by atoms with Crippen LogP contribution < -0.4 is 10.0 Å². The molecule has 2 aromatic rings. The lowest BCUT2D eigenvalue weighted by atomic mass is 10.2. The Kier molecular flexibility index (Phi) is 5.09. The van der Waals surface area contributed by atoms with E-state index in [-0.39, 0.29) is 11.4 Å². The van der Waals surface area contributed by atoms with Gasteiger partial charge < -0.3 is 9.88 Å². The molecule has 21 heavy (non-hydrogen) atoms. The topological polar surface area (TPSA) is 88.9 Å². The van der Waals surface area contributed by atoms with Gasteiger partial charge >= 0.3 is 0 Å². The Hall–Kier alpha value is -1.29. The first kappa shape index (κ1) is 16.1. The Bertz CT molecular complexity index is 729. The fourth-order valence-corrected chi connectivity index (χ4v) is 3.76. The first-order valence-corrected chi connectivity index (χ1v) is 8.47. The molecule has 1 aromatic heterocycles. The van der Waals surface area contributed by atoms with E-state index in [2.05, 4.69) is 36.2 Å². The first-order valence-electron chi connectivity index (χ1n) is 6.19. The lowest BCUT2D eigenvalue weighted by Gasteiger charge is -2.10. The van der Waals surface area contributed by atoms with Crippen molar-refractivity contribution in [3.8, 4) is 0 Å². The van der Waals surface area contributed by atoms with E-state index in [4.69, 9.17) is 0 Å². The Morgan fingerprint density at radius 1 is 1.33 bits per heavy atom. The third-order valence-electron chi connectivity index (χ3n) is 2.89. The second kappa shape index (κ2) is 6.65. The third-order valence-corrected chi connectivity index (χ3v) is 5.29. The van der Waals surface area contributed by atoms with E-state index in [1.807, 2.05) is 13.1 Å². The molecule has 0 aliphatic carbocycles. The Morgan fingerprint density at radius 3 is 2.71 bits per heavy atom. The van der Waals surface area contributed by atoms with Crippen LogP contribution in [0.25, 0.3) is 0 Å². The number of sulfonamides is 1. The zero-order chi connectivity index (χ0) is 15.5. The predicted molar refractivity (Wildman–Crippen MR) is 81.9 cm³/mol. The Labute approximate surface area is 132 Å². The van der Waals surface area contributed by atoms with Crippen molar-refractivity contribution >= 4 is 26.0 Å². The minimum atomic E-state index is -3.63. The lowest BCUT2D eigenvalue weighted by molar-refractivity contribution is 0.576. The zero-order valence-corrected chi connectivity index (χ0v) is 14.1. The average molecular weight is 374 g/mol. The molecular weight excluding hydrogens is 358 g/mol. The van der Waals surface area contributed by atoms with E-state index < -0.39 is 10.0 Å². The quantitative estimate of drug-likeness (QED) is 0.780. The second-order valence-electron chi connectivity index (χ2n) is 4.48. The van der Waals surface area contributed by atoms with Crippen LogP contribution in [0.2, 0.25) is 0 Å². The van der Waals surface area contributed by atoms with Crippen molar-refractivity contribution in [1.82, 2.24) is 24.8 Å². The van der Waals surface area contributed by atoms with Gasteiger partial charge in [0.2, 0.25) is 10.0 Å². The van der Waals surface area contributed by atoms with E-state index in [0.29, 0.717) is 16.8 Å². The largest absolute Gasteiger partial charge is 0.320 e. The molecule has 7 nitrogen and oxygen atoms in total. The first-order chi connectivity index (χ1) is 9.94. The van der Waals surface area contributed by atoms with Gasteiger partial charge in [-0.2, -0.15) is 0 Å². The van der Waals surface area contributed by atoms with Crippen molar-refractivity contribution in [1.29, 1.82) is 0 Å². The fourth-order valence-electron chi connectivity index (χ4n) is 1.77. The maximum absolute atomic E-state index is 12.4. The maximum Gasteiger partial charge on any atom is 0.242 e. The Balaban J connectivity index is 2.22. The summed E-state index contributed by atoms with van der Waals surface area (Å²) < 4.78 is 29.5. The molecule has 0 unspecified atom stereocenters. The summed E-state index contributed by atoms with van der Waals surface area (Å²) in [5, 5.41) is 10.5. The highest BCUT2D eigenvalue weighted by atomic mass is 79.9. The van der Waals surface area contributed by atoms with E-state index in [0.717, 1.165) is 5.56 Å². The van der Waals surface area contributed by atoms with Crippen molar-refractivity contribution in [3.05, 3.63) is 40.4 Å². The van der Waals surface area contributed by atoms with Gasteiger partial charge in [0.05, 0.1) is 11.4 Å². The highest BCUT2D eigenvalue weighted by Gasteiger charge is 2.18. The number of nitrogens with one attached hydrogen (secondary N) is 2. The van der Waals surface area contributed by atoms with E-state index in [1.165, 1.54) is 6.33 Å². The average Bonchev–Trinajstić information content (AvgIpc) is 2.84. The second-order valence-corrected chi connectivity index (χ2v) is 7.07. The van der Waals surface area contributed by atoms with Gasteiger partial charge in [-0.05, 0) is 40.7 Å². The number of rotatable bonds is 6. The van der Waals surface area contributed by atoms with Crippen LogP contribution >= 0.6 is 15.9 Å². The molecular formula is C12H16BrN5O2S. The lowest BCUT2D eigenvalue weighted by Crippen LogP contribution is -2.25. The molecule has 1 aromatic carbocycles. The minimum absolute atomic E-state index is 0.0848. The molecule has 0 amide bonds. The summed E-state index contributed by atoms with van der Waals surface area (Å²) in [4.78, 5) is 0.206. The number of nitrogens with zero attached hydrogens (tertiary/aromatic N) is 3. The highest BCUT2D eigenvalue weighted by molar-refractivity contribution is 9.10. The summed E-state index contributed by atoms with van der Waals surface area (Å²) in [6.45, 7) is 0.681. The van der Waals surface area contributed by atoms with Crippen LogP contribution in [0.5, 0.6) is 0 Å². The summed E-state index contributed by atoms with van der Waals surface area (Å²) in [6, 6.07) is 5.23. The number of hydrogen-bond donors (Lipinski definition) is 2. The van der Waals surface area contributed by atoms with Crippen LogP contribution in [0.4, 0.5) is 0 Å². The SMILES string of the molecule is CNCc1ccc(Br)c(S(=O)(=O)NCc2nncn2C)c1. The van der Waals surface area contributed by atoms with Gasteiger partial charge in [0.15, 0.2) is 0 Å². The van der Waals surface area contributed by atoms with E-state index in [1.54, 1.807) is 23.7 Å². The van der Waals surface area contributed by atoms with Gasteiger partial charge in [0.25, 0.3) is 0 Å². The summed E-state index contributed by atoms with van der Waals surface area (Å²) in [5.74, 6) is 0.543.